The molecule has 1 N–H and O–H groups in total. The van der Waals surface area contributed by atoms with Crippen molar-refractivity contribution in [3.8, 4) is 5.75 Å². The molecule has 0 aliphatic heterocycles. The van der Waals surface area contributed by atoms with Gasteiger partial charge in [-0.15, -0.1) is 0 Å². The highest BCUT2D eigenvalue weighted by Gasteiger charge is 2.31. The summed E-state index contributed by atoms with van der Waals surface area (Å²) in [6.07, 6.45) is -3.82. The van der Waals surface area contributed by atoms with Gasteiger partial charge in [-0.1, -0.05) is 48.5 Å². The fourth-order valence-electron chi connectivity index (χ4n) is 4.39. The Labute approximate surface area is 222 Å². The molecule has 7 heteroatoms. The number of nitrogens with zero attached hydrogens (tertiary/aromatic N) is 2. The summed E-state index contributed by atoms with van der Waals surface area (Å²) in [7, 11) is 0. The van der Waals surface area contributed by atoms with Crippen molar-refractivity contribution in [2.75, 3.05) is 18.5 Å². The van der Waals surface area contributed by atoms with Crippen molar-refractivity contribution in [1.82, 2.24) is 9.88 Å². The zero-order chi connectivity index (χ0) is 27.3. The first-order valence-corrected chi connectivity index (χ1v) is 12.8. The molecule has 1 aromatic heterocycles. The topological polar surface area (TPSA) is 37.4 Å². The number of rotatable bonds is 9. The predicted molar refractivity (Wildman–Crippen MR) is 148 cm³/mol. The number of hydrogen-bond acceptors (Lipinski definition) is 4. The van der Waals surface area contributed by atoms with Gasteiger partial charge in [0.2, 0.25) is 0 Å². The van der Waals surface area contributed by atoms with E-state index >= 15 is 0 Å². The van der Waals surface area contributed by atoms with Gasteiger partial charge in [0.25, 0.3) is 0 Å². The van der Waals surface area contributed by atoms with Crippen LogP contribution in [0, 0.1) is 6.92 Å². The molecule has 4 rings (SSSR count). The first-order chi connectivity index (χ1) is 18.0. The van der Waals surface area contributed by atoms with E-state index in [1.165, 1.54) is 5.56 Å². The Balaban J connectivity index is 1.49. The highest BCUT2D eigenvalue weighted by atomic mass is 19.4. The van der Waals surface area contributed by atoms with Gasteiger partial charge in [0.15, 0.2) is 0 Å². The number of aromatic nitrogens is 1. The third-order valence-corrected chi connectivity index (χ3v) is 6.36. The molecule has 200 valence electrons. The van der Waals surface area contributed by atoms with Crippen LogP contribution in [0.1, 0.15) is 44.0 Å². The fraction of sp³-hybridized carbons (Fsp3) is 0.323. The lowest BCUT2D eigenvalue weighted by molar-refractivity contribution is -0.137. The van der Waals surface area contributed by atoms with E-state index in [-0.39, 0.29) is 11.3 Å². The van der Waals surface area contributed by atoms with Gasteiger partial charge in [-0.3, -0.25) is 9.88 Å². The van der Waals surface area contributed by atoms with Gasteiger partial charge in [-0.25, -0.2) is 0 Å². The molecule has 0 spiro atoms. The molecule has 1 heterocycles. The monoisotopic (exact) mass is 521 g/mol. The summed E-state index contributed by atoms with van der Waals surface area (Å²) in [5, 5.41) is 4.00. The minimum absolute atomic E-state index is 0.0609. The summed E-state index contributed by atoms with van der Waals surface area (Å²) in [5.41, 5.74) is 2.95. The average molecular weight is 522 g/mol. The molecule has 0 bridgehead atoms. The summed E-state index contributed by atoms with van der Waals surface area (Å²) < 4.78 is 47.1. The van der Waals surface area contributed by atoms with E-state index in [4.69, 9.17) is 4.74 Å². The Bertz CT molecular complexity index is 1360. The number of nitrogens with one attached hydrogen (secondary N) is 1. The average Bonchev–Trinajstić information content (AvgIpc) is 2.85. The minimum Gasteiger partial charge on any atom is -0.493 e. The molecule has 0 radical (unpaired) electrons. The standard InChI is InChI=1S/C31H34F3N3O/c1-22-17-29(27-13-8-9-14-28(27)35-22)36-25-18-24(31(32,33)34)19-26(20-25)38-16-10-15-37(30(2,3)4)21-23-11-6-5-7-12-23/h5-9,11-14,17-20H,10,15-16,21H2,1-4H3,(H,35,36). The van der Waals surface area contributed by atoms with Crippen molar-refractivity contribution < 1.29 is 17.9 Å². The smallest absolute Gasteiger partial charge is 0.416 e. The van der Waals surface area contributed by atoms with Gasteiger partial charge in [0.1, 0.15) is 5.75 Å². The van der Waals surface area contributed by atoms with Crippen LogP contribution in [0.5, 0.6) is 5.75 Å². The van der Waals surface area contributed by atoms with Crippen LogP contribution >= 0.6 is 0 Å². The number of benzene rings is 3. The summed E-state index contributed by atoms with van der Waals surface area (Å²) in [6, 6.07) is 23.4. The highest BCUT2D eigenvalue weighted by Crippen LogP contribution is 2.36. The minimum atomic E-state index is -4.50. The molecule has 0 amide bonds. The predicted octanol–water partition coefficient (Wildman–Crippen LogP) is 8.38. The Kier molecular flexibility index (Phi) is 8.26. The van der Waals surface area contributed by atoms with Gasteiger partial charge >= 0.3 is 6.18 Å². The second-order valence-corrected chi connectivity index (χ2v) is 10.5. The molecule has 4 nitrogen and oxygen atoms in total. The van der Waals surface area contributed by atoms with Gasteiger partial charge in [0, 0.05) is 47.1 Å². The fourth-order valence-corrected chi connectivity index (χ4v) is 4.39. The molecule has 0 saturated carbocycles. The van der Waals surface area contributed by atoms with E-state index in [0.717, 1.165) is 41.8 Å². The van der Waals surface area contributed by atoms with Crippen LogP contribution in [0.4, 0.5) is 24.5 Å². The maximum atomic E-state index is 13.7. The summed E-state index contributed by atoms with van der Waals surface area (Å²) in [6.45, 7) is 10.2. The van der Waals surface area contributed by atoms with Crippen LogP contribution in [0.25, 0.3) is 10.9 Å². The second-order valence-electron chi connectivity index (χ2n) is 10.5. The zero-order valence-electron chi connectivity index (χ0n) is 22.3. The molecule has 38 heavy (non-hydrogen) atoms. The SMILES string of the molecule is Cc1cc(Nc2cc(OCCCN(Cc3ccccc3)C(C)(C)C)cc(C(F)(F)F)c2)c2ccccc2n1. The quantitative estimate of drug-likeness (QED) is 0.225. The Hall–Kier alpha value is -3.58. The number of halogens is 3. The van der Waals surface area contributed by atoms with Crippen LogP contribution in [-0.4, -0.2) is 28.6 Å². The van der Waals surface area contributed by atoms with Crippen molar-refractivity contribution in [2.45, 2.75) is 52.4 Å². The number of pyridine rings is 1. The zero-order valence-corrected chi connectivity index (χ0v) is 22.3. The molecule has 4 aromatic rings. The molecular weight excluding hydrogens is 487 g/mol. The largest absolute Gasteiger partial charge is 0.493 e. The lowest BCUT2D eigenvalue weighted by Gasteiger charge is -2.35. The number of aryl methyl sites for hydroxylation is 1. The second kappa shape index (κ2) is 11.4. The van der Waals surface area contributed by atoms with E-state index in [0.29, 0.717) is 24.4 Å². The van der Waals surface area contributed by atoms with Crippen LogP contribution in [0.3, 0.4) is 0 Å². The lowest BCUT2D eigenvalue weighted by atomic mass is 10.0. The third-order valence-electron chi connectivity index (χ3n) is 6.36. The Morgan fingerprint density at radius 3 is 2.32 bits per heavy atom. The molecule has 0 saturated heterocycles. The van der Waals surface area contributed by atoms with Crippen molar-refractivity contribution in [3.63, 3.8) is 0 Å². The van der Waals surface area contributed by atoms with E-state index < -0.39 is 11.7 Å². The first-order valence-electron chi connectivity index (χ1n) is 12.8. The number of fused-ring (bicyclic) bond motifs is 1. The number of ether oxygens (including phenoxy) is 1. The molecular formula is C31H34F3N3O. The number of hydrogen-bond donors (Lipinski definition) is 1. The van der Waals surface area contributed by atoms with Gasteiger partial charge in [-0.2, -0.15) is 13.2 Å². The maximum absolute atomic E-state index is 13.7. The van der Waals surface area contributed by atoms with Crippen molar-refractivity contribution in [3.05, 3.63) is 95.7 Å². The Morgan fingerprint density at radius 1 is 0.895 bits per heavy atom. The van der Waals surface area contributed by atoms with Crippen molar-refractivity contribution >= 4 is 22.3 Å². The van der Waals surface area contributed by atoms with Crippen LogP contribution in [-0.2, 0) is 12.7 Å². The molecule has 0 aliphatic carbocycles. The van der Waals surface area contributed by atoms with Crippen LogP contribution in [0.2, 0.25) is 0 Å². The summed E-state index contributed by atoms with van der Waals surface area (Å²) in [4.78, 5) is 6.86. The van der Waals surface area contributed by atoms with E-state index in [1.54, 1.807) is 6.07 Å². The van der Waals surface area contributed by atoms with E-state index in [1.807, 2.05) is 55.5 Å². The van der Waals surface area contributed by atoms with Crippen molar-refractivity contribution in [2.24, 2.45) is 0 Å². The number of para-hydroxylation sites is 1. The van der Waals surface area contributed by atoms with Crippen LogP contribution < -0.4 is 10.1 Å². The summed E-state index contributed by atoms with van der Waals surface area (Å²) in [5.74, 6) is 0.183. The lowest BCUT2D eigenvalue weighted by Crippen LogP contribution is -2.41. The number of alkyl halides is 3. The maximum Gasteiger partial charge on any atom is 0.416 e. The Morgan fingerprint density at radius 2 is 1.61 bits per heavy atom. The van der Waals surface area contributed by atoms with E-state index in [9.17, 15) is 13.2 Å². The van der Waals surface area contributed by atoms with Gasteiger partial charge < -0.3 is 10.1 Å². The molecule has 0 fully saturated rings. The first kappa shape index (κ1) is 27.5. The molecule has 3 aromatic carbocycles. The van der Waals surface area contributed by atoms with Crippen LogP contribution in [0.15, 0.2) is 78.9 Å². The molecule has 0 aliphatic rings. The highest BCUT2D eigenvalue weighted by molar-refractivity contribution is 5.93. The summed E-state index contributed by atoms with van der Waals surface area (Å²) >= 11 is 0. The van der Waals surface area contributed by atoms with Crippen molar-refractivity contribution in [1.29, 1.82) is 0 Å². The van der Waals surface area contributed by atoms with Gasteiger partial charge in [0.05, 0.1) is 17.7 Å². The normalized spacial score (nSPS) is 12.2. The number of anilines is 2. The van der Waals surface area contributed by atoms with Gasteiger partial charge in [-0.05, 0) is 63.9 Å². The third kappa shape index (κ3) is 7.25. The van der Waals surface area contributed by atoms with E-state index in [2.05, 4.69) is 48.1 Å². The molecule has 0 atom stereocenters. The molecule has 0 unspecified atom stereocenters.